The molecule has 2 heterocycles. The fourth-order valence-electron chi connectivity index (χ4n) is 3.87. The highest BCUT2D eigenvalue weighted by atomic mass is 32.2. The Hall–Kier alpha value is -1.93. The Balaban J connectivity index is 1.87. The number of aryl methyl sites for hydroxylation is 1. The van der Waals surface area contributed by atoms with Crippen LogP contribution in [-0.2, 0) is 14.8 Å². The van der Waals surface area contributed by atoms with Crippen molar-refractivity contribution in [2.75, 3.05) is 26.2 Å². The van der Waals surface area contributed by atoms with Crippen LogP contribution in [0.1, 0.15) is 42.1 Å². The number of rotatable bonds is 4. The van der Waals surface area contributed by atoms with Crippen molar-refractivity contribution in [1.29, 1.82) is 0 Å². The summed E-state index contributed by atoms with van der Waals surface area (Å²) >= 11 is 0. The van der Waals surface area contributed by atoms with Crippen LogP contribution in [0.25, 0.3) is 0 Å². The molecule has 148 valence electrons. The molecule has 0 radical (unpaired) electrons. The molecule has 3 rings (SSSR count). The zero-order chi connectivity index (χ0) is 19.8. The second-order valence-electron chi connectivity index (χ2n) is 7.57. The number of amides is 1. The number of hydrogen-bond donors (Lipinski definition) is 1. The van der Waals surface area contributed by atoms with E-state index in [1.165, 1.54) is 15.3 Å². The van der Waals surface area contributed by atoms with E-state index in [4.69, 9.17) is 0 Å². The van der Waals surface area contributed by atoms with Crippen LogP contribution in [0.5, 0.6) is 0 Å². The van der Waals surface area contributed by atoms with Crippen LogP contribution in [0, 0.1) is 18.8 Å². The van der Waals surface area contributed by atoms with E-state index in [-0.39, 0.29) is 23.3 Å². The molecule has 0 spiro atoms. The summed E-state index contributed by atoms with van der Waals surface area (Å²) in [6.45, 7) is 5.10. The van der Waals surface area contributed by atoms with Crippen molar-refractivity contribution in [1.82, 2.24) is 9.21 Å². The van der Waals surface area contributed by atoms with Crippen LogP contribution >= 0.6 is 0 Å². The van der Waals surface area contributed by atoms with Crippen molar-refractivity contribution < 1.29 is 23.1 Å². The van der Waals surface area contributed by atoms with Crippen LogP contribution in [0.15, 0.2) is 23.1 Å². The normalized spacial score (nSPS) is 24.1. The fourth-order valence-corrected chi connectivity index (χ4v) is 5.41. The Kier molecular flexibility index (Phi) is 5.58. The van der Waals surface area contributed by atoms with Crippen LogP contribution in [0.3, 0.4) is 0 Å². The van der Waals surface area contributed by atoms with E-state index in [0.717, 1.165) is 19.3 Å². The van der Waals surface area contributed by atoms with E-state index in [0.29, 0.717) is 30.8 Å². The van der Waals surface area contributed by atoms with Crippen molar-refractivity contribution >= 4 is 21.9 Å². The quantitative estimate of drug-likeness (QED) is 0.842. The Morgan fingerprint density at radius 1 is 1.11 bits per heavy atom. The molecule has 2 aliphatic heterocycles. The van der Waals surface area contributed by atoms with Crippen LogP contribution in [0.4, 0.5) is 0 Å². The average molecular weight is 394 g/mol. The van der Waals surface area contributed by atoms with E-state index in [1.807, 2.05) is 6.92 Å². The summed E-state index contributed by atoms with van der Waals surface area (Å²) in [6.07, 6.45) is 2.72. The Morgan fingerprint density at radius 2 is 1.78 bits per heavy atom. The summed E-state index contributed by atoms with van der Waals surface area (Å²) < 4.78 is 27.3. The number of carboxylic acids is 1. The molecule has 0 bridgehead atoms. The maximum atomic E-state index is 13.0. The molecule has 0 aliphatic carbocycles. The smallest absolute Gasteiger partial charge is 0.308 e. The van der Waals surface area contributed by atoms with Gasteiger partial charge in [0.05, 0.1) is 10.8 Å². The number of hydrogen-bond acceptors (Lipinski definition) is 4. The number of sulfonamides is 1. The van der Waals surface area contributed by atoms with Crippen LogP contribution in [0.2, 0.25) is 0 Å². The molecule has 2 fully saturated rings. The van der Waals surface area contributed by atoms with Crippen molar-refractivity contribution in [3.63, 3.8) is 0 Å². The van der Waals surface area contributed by atoms with E-state index in [2.05, 4.69) is 0 Å². The van der Waals surface area contributed by atoms with Gasteiger partial charge < -0.3 is 10.0 Å². The van der Waals surface area contributed by atoms with Crippen LogP contribution < -0.4 is 0 Å². The predicted molar refractivity (Wildman–Crippen MR) is 100.0 cm³/mol. The molecule has 0 unspecified atom stereocenters. The van der Waals surface area contributed by atoms with Crippen molar-refractivity contribution in [2.45, 2.75) is 38.0 Å². The Bertz CT molecular complexity index is 846. The highest BCUT2D eigenvalue weighted by Crippen LogP contribution is 2.27. The van der Waals surface area contributed by atoms with Gasteiger partial charge in [-0.2, -0.15) is 4.31 Å². The van der Waals surface area contributed by atoms with Gasteiger partial charge in [0, 0.05) is 31.7 Å². The van der Waals surface area contributed by atoms with E-state index < -0.39 is 21.9 Å². The third kappa shape index (κ3) is 3.87. The van der Waals surface area contributed by atoms with Crippen LogP contribution in [-0.4, -0.2) is 60.8 Å². The van der Waals surface area contributed by atoms with E-state index >= 15 is 0 Å². The van der Waals surface area contributed by atoms with Gasteiger partial charge in [-0.05, 0) is 43.4 Å². The molecule has 2 saturated heterocycles. The van der Waals surface area contributed by atoms with E-state index in [1.54, 1.807) is 19.1 Å². The Morgan fingerprint density at radius 3 is 2.37 bits per heavy atom. The van der Waals surface area contributed by atoms with Gasteiger partial charge in [0.15, 0.2) is 0 Å². The number of benzene rings is 1. The lowest BCUT2D eigenvalue weighted by atomic mass is 9.99. The van der Waals surface area contributed by atoms with Crippen molar-refractivity contribution in [3.05, 3.63) is 29.3 Å². The predicted octanol–water partition coefficient (Wildman–Crippen LogP) is 1.96. The molecule has 2 aliphatic rings. The highest BCUT2D eigenvalue weighted by molar-refractivity contribution is 7.89. The van der Waals surface area contributed by atoms with Gasteiger partial charge in [0.1, 0.15) is 0 Å². The number of aliphatic carboxylic acids is 1. The van der Waals surface area contributed by atoms with E-state index in [9.17, 15) is 23.1 Å². The zero-order valence-corrected chi connectivity index (χ0v) is 16.5. The molecule has 1 N–H and O–H groups in total. The molecular weight excluding hydrogens is 368 g/mol. The Labute approximate surface area is 160 Å². The first-order valence-electron chi connectivity index (χ1n) is 9.34. The van der Waals surface area contributed by atoms with Gasteiger partial charge in [-0.15, -0.1) is 0 Å². The van der Waals surface area contributed by atoms with Gasteiger partial charge in [0.25, 0.3) is 5.91 Å². The maximum Gasteiger partial charge on any atom is 0.308 e. The van der Waals surface area contributed by atoms with Gasteiger partial charge in [-0.3, -0.25) is 9.59 Å². The first-order chi connectivity index (χ1) is 12.7. The summed E-state index contributed by atoms with van der Waals surface area (Å²) in [4.78, 5) is 25.9. The van der Waals surface area contributed by atoms with Gasteiger partial charge in [-0.1, -0.05) is 19.4 Å². The SMILES string of the molecule is Cc1ccc(S(=O)(=O)N2CCCCC2)cc1C(=O)N1C[C@@H](C)[C@H](C(=O)O)C1. The fraction of sp³-hybridized carbons (Fsp3) is 0.579. The first kappa shape index (κ1) is 19.8. The minimum absolute atomic E-state index is 0.125. The maximum absolute atomic E-state index is 13.0. The number of carbonyl (C=O) groups excluding carboxylic acids is 1. The number of likely N-dealkylation sites (tertiary alicyclic amines) is 1. The molecule has 8 heteroatoms. The minimum atomic E-state index is -3.62. The lowest BCUT2D eigenvalue weighted by molar-refractivity contribution is -0.142. The molecular formula is C19H26N2O5S. The monoisotopic (exact) mass is 394 g/mol. The molecule has 1 aromatic carbocycles. The minimum Gasteiger partial charge on any atom is -0.481 e. The lowest BCUT2D eigenvalue weighted by Gasteiger charge is -2.26. The average Bonchev–Trinajstić information content (AvgIpc) is 3.04. The van der Waals surface area contributed by atoms with Crippen molar-refractivity contribution in [3.8, 4) is 0 Å². The van der Waals surface area contributed by atoms with Gasteiger partial charge in [-0.25, -0.2) is 8.42 Å². The second-order valence-corrected chi connectivity index (χ2v) is 9.51. The topological polar surface area (TPSA) is 95.0 Å². The van der Waals surface area contributed by atoms with Gasteiger partial charge >= 0.3 is 5.97 Å². The number of piperidine rings is 1. The van der Waals surface area contributed by atoms with Crippen molar-refractivity contribution in [2.24, 2.45) is 11.8 Å². The summed E-state index contributed by atoms with van der Waals surface area (Å²) in [5, 5.41) is 9.28. The molecule has 1 aromatic rings. The second kappa shape index (κ2) is 7.59. The molecule has 2 atom stereocenters. The summed E-state index contributed by atoms with van der Waals surface area (Å²) in [5.41, 5.74) is 1.01. The number of carbonyl (C=O) groups is 2. The third-order valence-electron chi connectivity index (χ3n) is 5.61. The number of carboxylic acid groups (broad SMARTS) is 1. The largest absolute Gasteiger partial charge is 0.481 e. The summed E-state index contributed by atoms with van der Waals surface area (Å²) in [7, 11) is -3.62. The molecule has 1 amide bonds. The standard InChI is InChI=1S/C19H26N2O5S/c1-13-6-7-15(27(25,26)21-8-4-3-5-9-21)10-16(13)18(22)20-11-14(2)17(12-20)19(23)24/h6-7,10,14,17H,3-5,8-9,11-12H2,1-2H3,(H,23,24)/t14-,17-/m1/s1. The third-order valence-corrected chi connectivity index (χ3v) is 7.50. The molecule has 27 heavy (non-hydrogen) atoms. The highest BCUT2D eigenvalue weighted by Gasteiger charge is 2.38. The number of nitrogens with zero attached hydrogens (tertiary/aromatic N) is 2. The lowest BCUT2D eigenvalue weighted by Crippen LogP contribution is -2.36. The zero-order valence-electron chi connectivity index (χ0n) is 15.7. The molecule has 7 nitrogen and oxygen atoms in total. The summed E-state index contributed by atoms with van der Waals surface area (Å²) in [5.74, 6) is -1.93. The first-order valence-corrected chi connectivity index (χ1v) is 10.8. The van der Waals surface area contributed by atoms with Gasteiger partial charge in [0.2, 0.25) is 10.0 Å². The molecule has 0 saturated carbocycles. The molecule has 0 aromatic heterocycles. The summed E-state index contributed by atoms with van der Waals surface area (Å²) in [6, 6.07) is 4.64.